The van der Waals surface area contributed by atoms with Crippen molar-refractivity contribution in [2.45, 2.75) is 43.4 Å². The first-order valence-corrected chi connectivity index (χ1v) is 16.8. The SMILES string of the molecule is CCCNC(=O)[C@H](Cc1ccccc1)N(Cc1ccc(Cl)cc1)C(=O)CN(c1cc(C(F)(F)F)ccc1Cl)S(=O)(=O)c1ccccc1. The summed E-state index contributed by atoms with van der Waals surface area (Å²) in [4.78, 5) is 29.1. The minimum absolute atomic E-state index is 0.0749. The van der Waals surface area contributed by atoms with Gasteiger partial charge in [-0.2, -0.15) is 13.2 Å². The van der Waals surface area contributed by atoms with E-state index in [4.69, 9.17) is 23.2 Å². The molecule has 1 atom stereocenters. The van der Waals surface area contributed by atoms with Crippen molar-refractivity contribution < 1.29 is 31.2 Å². The Balaban J connectivity index is 1.86. The van der Waals surface area contributed by atoms with Crippen LogP contribution in [0.2, 0.25) is 10.0 Å². The zero-order valence-corrected chi connectivity index (χ0v) is 27.6. The number of nitrogens with zero attached hydrogens (tertiary/aromatic N) is 2. The predicted octanol–water partition coefficient (Wildman–Crippen LogP) is 7.37. The zero-order valence-electron chi connectivity index (χ0n) is 25.3. The molecule has 248 valence electrons. The molecule has 0 heterocycles. The fraction of sp³-hybridized carbons (Fsp3) is 0.235. The molecule has 7 nitrogen and oxygen atoms in total. The summed E-state index contributed by atoms with van der Waals surface area (Å²) >= 11 is 12.4. The minimum atomic E-state index is -4.83. The number of nitrogens with one attached hydrogen (secondary N) is 1. The van der Waals surface area contributed by atoms with Gasteiger partial charge >= 0.3 is 6.18 Å². The number of alkyl halides is 3. The van der Waals surface area contributed by atoms with Gasteiger partial charge in [0.1, 0.15) is 12.6 Å². The molecule has 0 fully saturated rings. The molecule has 4 aromatic carbocycles. The highest BCUT2D eigenvalue weighted by Crippen LogP contribution is 2.37. The molecule has 0 aliphatic carbocycles. The highest BCUT2D eigenvalue weighted by molar-refractivity contribution is 7.92. The molecule has 4 aromatic rings. The van der Waals surface area contributed by atoms with Gasteiger partial charge in [-0.3, -0.25) is 13.9 Å². The van der Waals surface area contributed by atoms with E-state index < -0.39 is 51.9 Å². The van der Waals surface area contributed by atoms with Crippen molar-refractivity contribution in [2.24, 2.45) is 0 Å². The van der Waals surface area contributed by atoms with Crippen molar-refractivity contribution in [1.82, 2.24) is 10.2 Å². The van der Waals surface area contributed by atoms with Gasteiger partial charge in [-0.15, -0.1) is 0 Å². The second kappa shape index (κ2) is 15.7. The van der Waals surface area contributed by atoms with Crippen LogP contribution in [-0.2, 0) is 38.8 Å². The smallest absolute Gasteiger partial charge is 0.354 e. The Bertz CT molecular complexity index is 1780. The van der Waals surface area contributed by atoms with Gasteiger partial charge in [0.25, 0.3) is 10.0 Å². The van der Waals surface area contributed by atoms with Crippen LogP contribution in [0.25, 0.3) is 0 Å². The average molecular weight is 707 g/mol. The van der Waals surface area contributed by atoms with Crippen LogP contribution in [0, 0.1) is 0 Å². The van der Waals surface area contributed by atoms with E-state index in [1.807, 2.05) is 6.92 Å². The quantitative estimate of drug-likeness (QED) is 0.157. The van der Waals surface area contributed by atoms with Crippen LogP contribution >= 0.6 is 23.2 Å². The average Bonchev–Trinajstić information content (AvgIpc) is 3.05. The monoisotopic (exact) mass is 705 g/mol. The molecule has 0 bridgehead atoms. The number of halogens is 5. The number of carbonyl (C=O) groups excluding carboxylic acids is 2. The fourth-order valence-electron chi connectivity index (χ4n) is 4.82. The molecule has 0 unspecified atom stereocenters. The van der Waals surface area contributed by atoms with Gasteiger partial charge in [-0.25, -0.2) is 8.42 Å². The maximum Gasteiger partial charge on any atom is 0.416 e. The summed E-state index contributed by atoms with van der Waals surface area (Å²) in [6.07, 6.45) is -4.14. The Morgan fingerprint density at radius 1 is 0.851 bits per heavy atom. The molecule has 13 heteroatoms. The van der Waals surface area contributed by atoms with Crippen LogP contribution in [0.4, 0.5) is 18.9 Å². The first-order chi connectivity index (χ1) is 22.3. The summed E-state index contributed by atoms with van der Waals surface area (Å²) in [5.74, 6) is -1.33. The number of hydrogen-bond acceptors (Lipinski definition) is 4. The minimum Gasteiger partial charge on any atom is -0.354 e. The third kappa shape index (κ3) is 9.27. The summed E-state index contributed by atoms with van der Waals surface area (Å²) in [5, 5.41) is 2.94. The fourth-order valence-corrected chi connectivity index (χ4v) is 6.66. The van der Waals surface area contributed by atoms with Crippen LogP contribution in [0.3, 0.4) is 0 Å². The summed E-state index contributed by atoms with van der Waals surface area (Å²) in [6, 6.07) is 23.6. The van der Waals surface area contributed by atoms with Crippen LogP contribution in [0.5, 0.6) is 0 Å². The molecule has 0 radical (unpaired) electrons. The van der Waals surface area contributed by atoms with E-state index in [1.165, 1.54) is 29.2 Å². The van der Waals surface area contributed by atoms with Crippen molar-refractivity contribution in [3.63, 3.8) is 0 Å². The molecular weight excluding hydrogens is 674 g/mol. The lowest BCUT2D eigenvalue weighted by atomic mass is 10.0. The third-order valence-corrected chi connectivity index (χ3v) is 9.58. The van der Waals surface area contributed by atoms with Crippen LogP contribution in [0.15, 0.2) is 108 Å². The van der Waals surface area contributed by atoms with E-state index in [9.17, 15) is 31.2 Å². The van der Waals surface area contributed by atoms with E-state index in [0.717, 1.165) is 17.7 Å². The van der Waals surface area contributed by atoms with Crippen molar-refractivity contribution >= 4 is 50.7 Å². The number of rotatable bonds is 13. The Labute approximate surface area is 282 Å². The number of hydrogen-bond donors (Lipinski definition) is 1. The second-order valence-electron chi connectivity index (χ2n) is 10.6. The van der Waals surface area contributed by atoms with Gasteiger partial charge in [-0.05, 0) is 60.0 Å². The molecule has 0 saturated carbocycles. The number of carbonyl (C=O) groups is 2. The number of anilines is 1. The topological polar surface area (TPSA) is 86.8 Å². The lowest BCUT2D eigenvalue weighted by Crippen LogP contribution is -2.53. The van der Waals surface area contributed by atoms with Gasteiger partial charge in [0.2, 0.25) is 11.8 Å². The lowest BCUT2D eigenvalue weighted by Gasteiger charge is -2.34. The standard InChI is InChI=1S/C34H32Cl2F3N3O4S/c1-2-19-40-33(44)31(20-24-9-5-3-6-10-24)41(22-25-13-16-27(35)17-14-25)32(43)23-42(47(45,46)28-11-7-4-8-12-28)30-21-26(34(37,38)39)15-18-29(30)36/h3-18,21,31H,2,19-20,22-23H2,1H3,(H,40,44)/t31-/m0/s1. The lowest BCUT2D eigenvalue weighted by molar-refractivity contribution is -0.140. The molecule has 0 saturated heterocycles. The number of sulfonamides is 1. The van der Waals surface area contributed by atoms with Gasteiger partial charge in [0.15, 0.2) is 0 Å². The van der Waals surface area contributed by atoms with E-state index in [1.54, 1.807) is 60.7 Å². The van der Waals surface area contributed by atoms with Gasteiger partial charge in [-0.1, -0.05) is 90.8 Å². The van der Waals surface area contributed by atoms with Crippen molar-refractivity contribution in [3.8, 4) is 0 Å². The van der Waals surface area contributed by atoms with Gasteiger partial charge in [0.05, 0.1) is 21.2 Å². The Morgan fingerprint density at radius 3 is 2.06 bits per heavy atom. The van der Waals surface area contributed by atoms with Crippen molar-refractivity contribution in [3.05, 3.63) is 130 Å². The largest absolute Gasteiger partial charge is 0.416 e. The molecule has 4 rings (SSSR count). The molecule has 0 spiro atoms. The van der Waals surface area contributed by atoms with E-state index in [0.29, 0.717) is 33.9 Å². The molecule has 1 N–H and O–H groups in total. The number of amides is 2. The zero-order chi connectivity index (χ0) is 34.2. The highest BCUT2D eigenvalue weighted by Gasteiger charge is 2.37. The van der Waals surface area contributed by atoms with Gasteiger partial charge < -0.3 is 10.2 Å². The summed E-state index contributed by atoms with van der Waals surface area (Å²) in [6.45, 7) is 1.09. The first-order valence-electron chi connectivity index (χ1n) is 14.6. The summed E-state index contributed by atoms with van der Waals surface area (Å²) < 4.78 is 70.1. The molecule has 0 aromatic heterocycles. The molecule has 2 amide bonds. The predicted molar refractivity (Wildman–Crippen MR) is 177 cm³/mol. The van der Waals surface area contributed by atoms with Crippen molar-refractivity contribution in [1.29, 1.82) is 0 Å². The summed E-state index contributed by atoms with van der Waals surface area (Å²) in [5.41, 5.74) is -0.386. The maximum absolute atomic E-state index is 14.4. The van der Waals surface area contributed by atoms with Crippen LogP contribution in [-0.4, -0.2) is 44.3 Å². The Hall–Kier alpha value is -4.06. The molecule has 47 heavy (non-hydrogen) atoms. The third-order valence-electron chi connectivity index (χ3n) is 7.24. The van der Waals surface area contributed by atoms with E-state index in [-0.39, 0.29) is 22.9 Å². The molecule has 0 aliphatic heterocycles. The summed E-state index contributed by atoms with van der Waals surface area (Å²) in [7, 11) is -4.65. The van der Waals surface area contributed by atoms with Crippen molar-refractivity contribution in [2.75, 3.05) is 17.4 Å². The van der Waals surface area contributed by atoms with Crippen LogP contribution < -0.4 is 9.62 Å². The van der Waals surface area contributed by atoms with Gasteiger partial charge in [0, 0.05) is 24.5 Å². The highest BCUT2D eigenvalue weighted by atomic mass is 35.5. The second-order valence-corrected chi connectivity index (χ2v) is 13.3. The van der Waals surface area contributed by atoms with E-state index >= 15 is 0 Å². The Morgan fingerprint density at radius 2 is 1.47 bits per heavy atom. The van der Waals surface area contributed by atoms with Crippen LogP contribution in [0.1, 0.15) is 30.0 Å². The number of benzene rings is 4. The Kier molecular flexibility index (Phi) is 11.9. The van der Waals surface area contributed by atoms with E-state index in [2.05, 4.69) is 5.32 Å². The first kappa shape index (κ1) is 35.8. The maximum atomic E-state index is 14.4. The molecular formula is C34H32Cl2F3N3O4S. The molecule has 0 aliphatic rings. The normalized spacial score (nSPS) is 12.3.